The van der Waals surface area contributed by atoms with Crippen molar-refractivity contribution in [3.05, 3.63) is 71.8 Å². The average molecular weight is 414 g/mol. The molecule has 0 saturated carbocycles. The van der Waals surface area contributed by atoms with Crippen molar-refractivity contribution in [1.29, 1.82) is 0 Å². The molecular weight excluding hydrogens is 382 g/mol. The maximum Gasteiger partial charge on any atom is 0.282 e. The summed E-state index contributed by atoms with van der Waals surface area (Å²) in [5.41, 5.74) is 2.50. The summed E-state index contributed by atoms with van der Waals surface area (Å²) >= 11 is 0. The number of piperazine rings is 1. The van der Waals surface area contributed by atoms with Crippen molar-refractivity contribution in [2.24, 2.45) is 5.92 Å². The molecule has 0 unspecified atom stereocenters. The van der Waals surface area contributed by atoms with Gasteiger partial charge in [-0.3, -0.25) is 4.90 Å². The zero-order chi connectivity index (χ0) is 20.3. The first kappa shape index (κ1) is 20.5. The highest BCUT2D eigenvalue weighted by molar-refractivity contribution is 7.86. The SMILES string of the molecule is CC1CCN(S(=O)(=O)N2CCN(C(c3ccccc3)c3ccccc3)CC2)CC1. The fourth-order valence-corrected chi connectivity index (χ4v) is 6.08. The van der Waals surface area contributed by atoms with Gasteiger partial charge in [-0.1, -0.05) is 67.6 Å². The van der Waals surface area contributed by atoms with Gasteiger partial charge in [0.2, 0.25) is 0 Å². The van der Waals surface area contributed by atoms with E-state index in [-0.39, 0.29) is 6.04 Å². The van der Waals surface area contributed by atoms with Gasteiger partial charge in [-0.25, -0.2) is 0 Å². The van der Waals surface area contributed by atoms with E-state index in [1.165, 1.54) is 11.1 Å². The van der Waals surface area contributed by atoms with E-state index < -0.39 is 10.2 Å². The van der Waals surface area contributed by atoms with Crippen molar-refractivity contribution in [3.63, 3.8) is 0 Å². The number of rotatable bonds is 5. The normalized spacial score (nSPS) is 20.9. The van der Waals surface area contributed by atoms with E-state index in [1.807, 2.05) is 12.1 Å². The summed E-state index contributed by atoms with van der Waals surface area (Å²) in [6, 6.07) is 21.2. The Balaban J connectivity index is 1.48. The molecule has 0 aromatic heterocycles. The summed E-state index contributed by atoms with van der Waals surface area (Å²) in [5.74, 6) is 0.621. The van der Waals surface area contributed by atoms with Gasteiger partial charge in [0.25, 0.3) is 10.2 Å². The molecule has 0 radical (unpaired) electrons. The Labute approximate surface area is 175 Å². The molecule has 0 N–H and O–H groups in total. The third-order valence-corrected chi connectivity index (χ3v) is 8.30. The lowest BCUT2D eigenvalue weighted by atomic mass is 9.96. The van der Waals surface area contributed by atoms with Crippen molar-refractivity contribution in [2.45, 2.75) is 25.8 Å². The maximum absolute atomic E-state index is 13.1. The van der Waals surface area contributed by atoms with Gasteiger partial charge < -0.3 is 0 Å². The van der Waals surface area contributed by atoms with Crippen molar-refractivity contribution >= 4 is 10.2 Å². The lowest BCUT2D eigenvalue weighted by Gasteiger charge is -2.41. The zero-order valence-electron chi connectivity index (χ0n) is 17.2. The Bertz CT molecular complexity index is 833. The second kappa shape index (κ2) is 8.96. The molecule has 29 heavy (non-hydrogen) atoms. The van der Waals surface area contributed by atoms with E-state index in [2.05, 4.69) is 60.4 Å². The Morgan fingerprint density at radius 3 is 1.66 bits per heavy atom. The average Bonchev–Trinajstić information content (AvgIpc) is 2.76. The van der Waals surface area contributed by atoms with Crippen LogP contribution in [0.3, 0.4) is 0 Å². The molecule has 2 fully saturated rings. The first-order chi connectivity index (χ1) is 14.1. The first-order valence-corrected chi connectivity index (χ1v) is 12.0. The Hall–Kier alpha value is -1.73. The zero-order valence-corrected chi connectivity index (χ0v) is 18.0. The van der Waals surface area contributed by atoms with Crippen LogP contribution in [-0.2, 0) is 10.2 Å². The van der Waals surface area contributed by atoms with Crippen LogP contribution >= 0.6 is 0 Å². The molecule has 0 amide bonds. The van der Waals surface area contributed by atoms with Gasteiger partial charge in [-0.15, -0.1) is 0 Å². The third kappa shape index (κ3) is 4.56. The monoisotopic (exact) mass is 413 g/mol. The van der Waals surface area contributed by atoms with Crippen LogP contribution in [0.4, 0.5) is 0 Å². The number of nitrogens with zero attached hydrogens (tertiary/aromatic N) is 3. The minimum Gasteiger partial charge on any atom is -0.290 e. The van der Waals surface area contributed by atoms with E-state index in [9.17, 15) is 8.42 Å². The van der Waals surface area contributed by atoms with Crippen LogP contribution in [0, 0.1) is 5.92 Å². The van der Waals surface area contributed by atoms with Crippen LogP contribution in [0.25, 0.3) is 0 Å². The second-order valence-electron chi connectivity index (χ2n) is 8.25. The van der Waals surface area contributed by atoms with Gasteiger partial charge in [0.15, 0.2) is 0 Å². The molecule has 0 aliphatic carbocycles. The van der Waals surface area contributed by atoms with Gasteiger partial charge in [0.05, 0.1) is 6.04 Å². The predicted molar refractivity (Wildman–Crippen MR) is 117 cm³/mol. The number of benzene rings is 2. The molecule has 0 spiro atoms. The van der Waals surface area contributed by atoms with Crippen LogP contribution in [0.1, 0.15) is 36.9 Å². The molecule has 2 aliphatic heterocycles. The Morgan fingerprint density at radius 2 is 1.17 bits per heavy atom. The minimum absolute atomic E-state index is 0.151. The topological polar surface area (TPSA) is 43.9 Å². The van der Waals surface area contributed by atoms with E-state index in [4.69, 9.17) is 0 Å². The summed E-state index contributed by atoms with van der Waals surface area (Å²) in [7, 11) is -3.35. The molecule has 2 saturated heterocycles. The van der Waals surface area contributed by atoms with E-state index in [0.717, 1.165) is 25.9 Å². The standard InChI is InChI=1S/C23H31N3O2S/c1-20-12-14-25(15-13-20)29(27,28)26-18-16-24(17-19-26)23(21-8-4-2-5-9-21)22-10-6-3-7-11-22/h2-11,20,23H,12-19H2,1H3. The fourth-order valence-electron chi connectivity index (χ4n) is 4.46. The molecule has 2 aromatic carbocycles. The molecular formula is C23H31N3O2S. The van der Waals surface area contributed by atoms with Crippen molar-refractivity contribution in [3.8, 4) is 0 Å². The highest BCUT2D eigenvalue weighted by Crippen LogP contribution is 2.30. The van der Waals surface area contributed by atoms with Crippen LogP contribution in [0.2, 0.25) is 0 Å². The lowest BCUT2D eigenvalue weighted by molar-refractivity contribution is 0.148. The van der Waals surface area contributed by atoms with Gasteiger partial charge in [-0.05, 0) is 29.9 Å². The summed E-state index contributed by atoms with van der Waals surface area (Å²) in [5, 5.41) is 0. The molecule has 0 atom stereocenters. The quantitative estimate of drug-likeness (QED) is 0.755. The maximum atomic E-state index is 13.1. The van der Waals surface area contributed by atoms with Gasteiger partial charge in [-0.2, -0.15) is 17.0 Å². The van der Waals surface area contributed by atoms with Crippen LogP contribution in [-0.4, -0.2) is 61.2 Å². The van der Waals surface area contributed by atoms with Crippen LogP contribution in [0.5, 0.6) is 0 Å². The third-order valence-electron chi connectivity index (χ3n) is 6.26. The van der Waals surface area contributed by atoms with Gasteiger partial charge >= 0.3 is 0 Å². The first-order valence-electron chi connectivity index (χ1n) is 10.6. The molecule has 5 nitrogen and oxygen atoms in total. The Kier molecular flexibility index (Phi) is 6.35. The number of piperidine rings is 1. The minimum atomic E-state index is -3.35. The van der Waals surface area contributed by atoms with Crippen LogP contribution in [0.15, 0.2) is 60.7 Å². The summed E-state index contributed by atoms with van der Waals surface area (Å²) in [6.07, 6.45) is 1.92. The lowest BCUT2D eigenvalue weighted by Crippen LogP contribution is -2.54. The molecule has 6 heteroatoms. The van der Waals surface area contributed by atoms with Crippen molar-refractivity contribution in [1.82, 2.24) is 13.5 Å². The van der Waals surface area contributed by atoms with Gasteiger partial charge in [0.1, 0.15) is 0 Å². The van der Waals surface area contributed by atoms with Crippen molar-refractivity contribution < 1.29 is 8.42 Å². The molecule has 156 valence electrons. The Morgan fingerprint density at radius 1 is 0.724 bits per heavy atom. The van der Waals surface area contributed by atoms with E-state index in [1.54, 1.807) is 8.61 Å². The summed E-state index contributed by atoms with van der Waals surface area (Å²) < 4.78 is 29.6. The van der Waals surface area contributed by atoms with Crippen LogP contribution < -0.4 is 0 Å². The van der Waals surface area contributed by atoms with Crippen molar-refractivity contribution in [2.75, 3.05) is 39.3 Å². The van der Waals surface area contributed by atoms with Gasteiger partial charge in [0, 0.05) is 39.3 Å². The molecule has 2 aliphatic rings. The molecule has 2 aromatic rings. The highest BCUT2D eigenvalue weighted by atomic mass is 32.2. The van der Waals surface area contributed by atoms with E-state index >= 15 is 0 Å². The molecule has 4 rings (SSSR count). The predicted octanol–water partition coefficient (Wildman–Crippen LogP) is 3.37. The summed E-state index contributed by atoms with van der Waals surface area (Å²) in [4.78, 5) is 2.41. The second-order valence-corrected chi connectivity index (χ2v) is 10.2. The van der Waals surface area contributed by atoms with E-state index in [0.29, 0.717) is 32.1 Å². The summed E-state index contributed by atoms with van der Waals surface area (Å²) in [6.45, 7) is 6.07. The molecule has 0 bridgehead atoms. The largest absolute Gasteiger partial charge is 0.290 e. The fraction of sp³-hybridized carbons (Fsp3) is 0.478. The number of hydrogen-bond donors (Lipinski definition) is 0. The smallest absolute Gasteiger partial charge is 0.282 e. The number of hydrogen-bond acceptors (Lipinski definition) is 3. The molecule has 2 heterocycles. The highest BCUT2D eigenvalue weighted by Gasteiger charge is 2.35.